The second-order valence-electron chi connectivity index (χ2n) is 9.63. The van der Waals surface area contributed by atoms with E-state index in [1.54, 1.807) is 12.1 Å². The fourth-order valence-corrected chi connectivity index (χ4v) is 5.37. The first kappa shape index (κ1) is 24.7. The third kappa shape index (κ3) is 4.60. The minimum Gasteiger partial charge on any atom is -0.494 e. The van der Waals surface area contributed by atoms with Crippen LogP contribution in [0, 0.1) is 28.4 Å². The average Bonchev–Trinajstić information content (AvgIpc) is 3.36. The summed E-state index contributed by atoms with van der Waals surface area (Å²) in [6.07, 6.45) is 3.03. The quantitative estimate of drug-likeness (QED) is 0.512. The van der Waals surface area contributed by atoms with Gasteiger partial charge in [-0.3, -0.25) is 0 Å². The molecule has 5 rings (SSSR count). The lowest BCUT2D eigenvalue weighted by atomic mass is 9.78. The number of nitriles is 1. The molecule has 3 aromatic rings. The first-order valence-electron chi connectivity index (χ1n) is 12.1. The highest BCUT2D eigenvalue weighted by Crippen LogP contribution is 2.41. The summed E-state index contributed by atoms with van der Waals surface area (Å²) in [6, 6.07) is 11.5. The standard InChI is InChI=1S/C28H26F2N4O3/c1-37-23-5-4-17(12-22(23)30)25-20(27(35)36)14-24(34-10-7-28(8-11-34)6-9-32-16-28)33-26(25)18-2-3-19(15-31)21(29)13-18/h2-5,12-14,32H,6-11,16H2,1H3,(H,35,36). The number of nitrogens with one attached hydrogen (secondary N) is 1. The molecule has 190 valence electrons. The van der Waals surface area contributed by atoms with Crippen LogP contribution in [0.5, 0.6) is 5.75 Å². The van der Waals surface area contributed by atoms with Crippen LogP contribution in [0.15, 0.2) is 42.5 Å². The van der Waals surface area contributed by atoms with Crippen LogP contribution in [-0.4, -0.2) is 49.3 Å². The summed E-state index contributed by atoms with van der Waals surface area (Å²) in [7, 11) is 1.34. The van der Waals surface area contributed by atoms with Gasteiger partial charge in [0.25, 0.3) is 0 Å². The van der Waals surface area contributed by atoms with Gasteiger partial charge in [0.1, 0.15) is 17.7 Å². The largest absolute Gasteiger partial charge is 0.494 e. The maximum absolute atomic E-state index is 14.7. The van der Waals surface area contributed by atoms with E-state index in [-0.39, 0.29) is 39.1 Å². The lowest BCUT2D eigenvalue weighted by molar-refractivity contribution is 0.0697. The maximum atomic E-state index is 14.7. The number of piperidine rings is 1. The van der Waals surface area contributed by atoms with Crippen LogP contribution in [0.1, 0.15) is 35.2 Å². The van der Waals surface area contributed by atoms with E-state index in [0.717, 1.165) is 38.4 Å². The molecule has 2 saturated heterocycles. The number of hydrogen-bond donors (Lipinski definition) is 2. The van der Waals surface area contributed by atoms with E-state index < -0.39 is 17.6 Å². The number of benzene rings is 2. The number of halogens is 2. The number of carboxylic acid groups (broad SMARTS) is 1. The van der Waals surface area contributed by atoms with Crippen LogP contribution >= 0.6 is 0 Å². The van der Waals surface area contributed by atoms with Crippen LogP contribution in [0.4, 0.5) is 14.6 Å². The molecule has 0 atom stereocenters. The third-order valence-corrected chi connectivity index (χ3v) is 7.52. The summed E-state index contributed by atoms with van der Waals surface area (Å²) in [6.45, 7) is 3.41. The average molecular weight is 505 g/mol. The van der Waals surface area contributed by atoms with Gasteiger partial charge >= 0.3 is 5.97 Å². The molecule has 1 aromatic heterocycles. The Balaban J connectivity index is 1.67. The van der Waals surface area contributed by atoms with Crippen molar-refractivity contribution in [3.05, 3.63) is 65.2 Å². The number of pyridine rings is 1. The molecular weight excluding hydrogens is 478 g/mol. The van der Waals surface area contributed by atoms with Crippen LogP contribution in [0.2, 0.25) is 0 Å². The van der Waals surface area contributed by atoms with Gasteiger partial charge in [0.2, 0.25) is 0 Å². The lowest BCUT2D eigenvalue weighted by Gasteiger charge is -2.39. The van der Waals surface area contributed by atoms with Crippen molar-refractivity contribution in [2.24, 2.45) is 5.41 Å². The number of hydrogen-bond acceptors (Lipinski definition) is 6. The number of rotatable bonds is 5. The van der Waals surface area contributed by atoms with Crippen molar-refractivity contribution in [1.82, 2.24) is 10.3 Å². The van der Waals surface area contributed by atoms with Gasteiger partial charge in [0, 0.05) is 30.8 Å². The molecule has 2 aliphatic rings. The Morgan fingerprint density at radius 2 is 1.84 bits per heavy atom. The normalized spacial score (nSPS) is 16.5. The molecule has 1 spiro atoms. The van der Waals surface area contributed by atoms with Gasteiger partial charge < -0.3 is 20.1 Å². The Bertz CT molecular complexity index is 1400. The fourth-order valence-electron chi connectivity index (χ4n) is 5.37. The molecule has 0 unspecified atom stereocenters. The minimum absolute atomic E-state index is 0.0137. The Kier molecular flexibility index (Phi) is 6.52. The van der Waals surface area contributed by atoms with Crippen molar-refractivity contribution in [2.75, 3.05) is 38.2 Å². The highest BCUT2D eigenvalue weighted by Gasteiger charge is 2.37. The van der Waals surface area contributed by atoms with Crippen LogP contribution in [0.3, 0.4) is 0 Å². The first-order chi connectivity index (χ1) is 17.8. The van der Waals surface area contributed by atoms with Crippen LogP contribution in [0.25, 0.3) is 22.4 Å². The molecule has 3 heterocycles. The molecule has 0 radical (unpaired) electrons. The molecule has 0 saturated carbocycles. The van der Waals surface area contributed by atoms with Crippen molar-refractivity contribution in [1.29, 1.82) is 5.26 Å². The second kappa shape index (κ2) is 9.79. The van der Waals surface area contributed by atoms with E-state index in [4.69, 9.17) is 15.0 Å². The van der Waals surface area contributed by atoms with E-state index in [1.165, 1.54) is 37.4 Å². The summed E-state index contributed by atoms with van der Waals surface area (Å²) in [4.78, 5) is 19.4. The van der Waals surface area contributed by atoms with Gasteiger partial charge in [-0.1, -0.05) is 12.1 Å². The van der Waals surface area contributed by atoms with Gasteiger partial charge in [0.15, 0.2) is 11.6 Å². The SMILES string of the molecule is COc1ccc(-c2c(C(=O)O)cc(N3CCC4(CCNC4)CC3)nc2-c2ccc(C#N)c(F)c2)cc1F. The zero-order valence-electron chi connectivity index (χ0n) is 20.4. The van der Waals surface area contributed by atoms with E-state index in [9.17, 15) is 18.7 Å². The van der Waals surface area contributed by atoms with Crippen molar-refractivity contribution < 1.29 is 23.4 Å². The van der Waals surface area contributed by atoms with Crippen molar-refractivity contribution >= 4 is 11.8 Å². The van der Waals surface area contributed by atoms with E-state index in [1.807, 2.05) is 0 Å². The highest BCUT2D eigenvalue weighted by molar-refractivity contribution is 6.01. The molecule has 0 amide bonds. The van der Waals surface area contributed by atoms with Crippen LogP contribution in [-0.2, 0) is 0 Å². The second-order valence-corrected chi connectivity index (χ2v) is 9.63. The summed E-state index contributed by atoms with van der Waals surface area (Å²) >= 11 is 0. The predicted molar refractivity (Wildman–Crippen MR) is 135 cm³/mol. The molecule has 2 aliphatic heterocycles. The fraction of sp³-hybridized carbons (Fsp3) is 0.321. The number of carbonyl (C=O) groups is 1. The number of aromatic nitrogens is 1. The third-order valence-electron chi connectivity index (χ3n) is 7.52. The number of aromatic carboxylic acids is 1. The van der Waals surface area contributed by atoms with Gasteiger partial charge in [-0.05, 0) is 67.1 Å². The molecule has 37 heavy (non-hydrogen) atoms. The van der Waals surface area contributed by atoms with E-state index in [2.05, 4.69) is 10.2 Å². The number of carboxylic acids is 1. The number of methoxy groups -OCH3 is 1. The zero-order chi connectivity index (χ0) is 26.2. The summed E-state index contributed by atoms with van der Waals surface area (Å²) in [5, 5.41) is 22.8. The maximum Gasteiger partial charge on any atom is 0.336 e. The topological polar surface area (TPSA) is 98.5 Å². The van der Waals surface area contributed by atoms with Crippen molar-refractivity contribution in [3.8, 4) is 34.2 Å². The van der Waals surface area contributed by atoms with Gasteiger partial charge in [0.05, 0.1) is 23.9 Å². The van der Waals surface area contributed by atoms with Crippen molar-refractivity contribution in [2.45, 2.75) is 19.3 Å². The van der Waals surface area contributed by atoms with E-state index in [0.29, 0.717) is 24.5 Å². The van der Waals surface area contributed by atoms with E-state index >= 15 is 0 Å². The van der Waals surface area contributed by atoms with Gasteiger partial charge in [-0.2, -0.15) is 5.26 Å². The van der Waals surface area contributed by atoms with Crippen LogP contribution < -0.4 is 15.0 Å². The molecule has 9 heteroatoms. The number of nitrogens with zero attached hydrogens (tertiary/aromatic N) is 3. The Hall–Kier alpha value is -4.03. The Morgan fingerprint density at radius 3 is 2.43 bits per heavy atom. The number of anilines is 1. The molecule has 2 aromatic carbocycles. The summed E-state index contributed by atoms with van der Waals surface area (Å²) in [5.41, 5.74) is 0.969. The molecular formula is C28H26F2N4O3. The molecule has 2 fully saturated rings. The molecule has 0 bridgehead atoms. The molecule has 7 nitrogen and oxygen atoms in total. The Labute approximate surface area is 213 Å². The monoisotopic (exact) mass is 504 g/mol. The van der Waals surface area contributed by atoms with Gasteiger partial charge in [-0.15, -0.1) is 0 Å². The molecule has 2 N–H and O–H groups in total. The zero-order valence-corrected chi connectivity index (χ0v) is 20.4. The minimum atomic E-state index is -1.21. The van der Waals surface area contributed by atoms with Crippen molar-refractivity contribution in [3.63, 3.8) is 0 Å². The predicted octanol–water partition coefficient (Wildman–Crippen LogP) is 4.85. The lowest BCUT2D eigenvalue weighted by Crippen LogP contribution is -2.41. The first-order valence-corrected chi connectivity index (χ1v) is 12.1. The van der Waals surface area contributed by atoms with Gasteiger partial charge in [-0.25, -0.2) is 18.6 Å². The summed E-state index contributed by atoms with van der Waals surface area (Å²) < 4.78 is 34.3. The highest BCUT2D eigenvalue weighted by atomic mass is 19.1. The molecule has 0 aliphatic carbocycles. The summed E-state index contributed by atoms with van der Waals surface area (Å²) in [5.74, 6) is -2.14. The number of ether oxygens (including phenoxy) is 1. The Morgan fingerprint density at radius 1 is 1.11 bits per heavy atom. The smallest absolute Gasteiger partial charge is 0.336 e.